The van der Waals surface area contributed by atoms with E-state index in [1.165, 1.54) is 37.6 Å². The first-order chi connectivity index (χ1) is 27.9. The summed E-state index contributed by atoms with van der Waals surface area (Å²) >= 11 is 0. The number of anilines is 1. The fourth-order valence-electron chi connectivity index (χ4n) is 7.97. The molecule has 5 rings (SSSR count). The smallest absolute Gasteiger partial charge is 0.329 e. The largest absolute Gasteiger partial charge is 0.458 e. The van der Waals surface area contributed by atoms with Crippen molar-refractivity contribution < 1.29 is 52.2 Å². The normalized spacial score (nSPS) is 26.7. The van der Waals surface area contributed by atoms with Crippen molar-refractivity contribution in [3.05, 3.63) is 65.2 Å². The number of benzene rings is 2. The predicted octanol–water partition coefficient (Wildman–Crippen LogP) is 1.63. The van der Waals surface area contributed by atoms with Crippen LogP contribution in [0.3, 0.4) is 0 Å². The molecule has 9 atom stereocenters. The van der Waals surface area contributed by atoms with Crippen molar-refractivity contribution in [1.29, 1.82) is 0 Å². The molecule has 2 aromatic rings. The Kier molecular flexibility index (Phi) is 14.3. The molecule has 18 heteroatoms. The van der Waals surface area contributed by atoms with Crippen LogP contribution in [-0.4, -0.2) is 130 Å². The van der Waals surface area contributed by atoms with Crippen molar-refractivity contribution in [1.82, 2.24) is 30.7 Å². The van der Waals surface area contributed by atoms with Crippen molar-refractivity contribution in [2.75, 3.05) is 25.5 Å². The first-order valence-electron chi connectivity index (χ1n) is 19.9. The molecule has 0 radical (unpaired) electrons. The summed E-state index contributed by atoms with van der Waals surface area (Å²) in [7, 11) is 1.30. The summed E-state index contributed by atoms with van der Waals surface area (Å²) in [4.78, 5) is 101. The van der Waals surface area contributed by atoms with Gasteiger partial charge in [0.15, 0.2) is 0 Å². The standard InChI is InChI=1S/C41H53F2N7O9/c1-7-25-10-12-29(13-11-25)45-41(58)46-30(18-26-16-27(42)19-28(43)17-26)35(52)47-33-24(5)59-40(57)32-15-21(2)20-50(32)37(54)22(3)44-36(53)34(23(4)51)48(6)38(55)31-9-8-14-49(31)39(33)56/h10-13,16-17,19,21-24,30-34,51H,7-9,14-15,18,20H2,1-6H3,(H,44,53)(H,47,52)(H2,45,46,58)/t21-,22-,23-,24-,30-,31?,32?,33-,34-/m0/s1. The summed E-state index contributed by atoms with van der Waals surface area (Å²) in [6.45, 7) is 8.04. The van der Waals surface area contributed by atoms with Crippen molar-refractivity contribution in [2.45, 2.75) is 115 Å². The number of nitrogens with one attached hydrogen (secondary N) is 4. The number of nitrogens with zero attached hydrogens (tertiary/aromatic N) is 3. The van der Waals surface area contributed by atoms with Gasteiger partial charge in [-0.1, -0.05) is 26.0 Å². The number of carbonyl (C=O) groups excluding carboxylic acids is 7. The van der Waals surface area contributed by atoms with Gasteiger partial charge in [0.2, 0.25) is 29.5 Å². The molecule has 0 spiro atoms. The maximum absolute atomic E-state index is 14.6. The average Bonchev–Trinajstić information content (AvgIpc) is 3.82. The van der Waals surface area contributed by atoms with Crippen LogP contribution in [0.5, 0.6) is 0 Å². The summed E-state index contributed by atoms with van der Waals surface area (Å²) in [6.07, 6.45) is -1.83. The molecule has 3 aliphatic rings. The van der Waals surface area contributed by atoms with Crippen LogP contribution in [0.2, 0.25) is 0 Å². The van der Waals surface area contributed by atoms with E-state index in [0.29, 0.717) is 18.2 Å². The van der Waals surface area contributed by atoms with Crippen molar-refractivity contribution in [3.8, 4) is 0 Å². The molecule has 3 fully saturated rings. The molecule has 3 heterocycles. The van der Waals surface area contributed by atoms with E-state index in [0.717, 1.165) is 29.0 Å². The molecular formula is C41H53F2N7O9. The number of urea groups is 1. The molecule has 59 heavy (non-hydrogen) atoms. The highest BCUT2D eigenvalue weighted by Gasteiger charge is 2.47. The Morgan fingerprint density at radius 2 is 1.59 bits per heavy atom. The molecule has 0 saturated carbocycles. The highest BCUT2D eigenvalue weighted by Crippen LogP contribution is 2.27. The Balaban J connectivity index is 1.51. The van der Waals surface area contributed by atoms with Gasteiger partial charge in [0.25, 0.3) is 0 Å². The molecule has 3 aliphatic heterocycles. The molecule has 5 N–H and O–H groups in total. The number of aliphatic hydroxyl groups excluding tert-OH is 1. The molecule has 7 amide bonds. The number of esters is 1. The quantitative estimate of drug-likeness (QED) is 0.245. The van der Waals surface area contributed by atoms with Gasteiger partial charge in [-0.2, -0.15) is 0 Å². The Morgan fingerprint density at radius 3 is 2.22 bits per heavy atom. The van der Waals surface area contributed by atoms with Crippen molar-refractivity contribution in [3.63, 3.8) is 0 Å². The lowest BCUT2D eigenvalue weighted by Crippen LogP contribution is -2.63. The van der Waals surface area contributed by atoms with Gasteiger partial charge in [0.1, 0.15) is 54.0 Å². The number of hydrogen-bond donors (Lipinski definition) is 5. The van der Waals surface area contributed by atoms with E-state index in [4.69, 9.17) is 4.74 Å². The van der Waals surface area contributed by atoms with Gasteiger partial charge in [0.05, 0.1) is 6.10 Å². The van der Waals surface area contributed by atoms with Gasteiger partial charge in [-0.3, -0.25) is 24.0 Å². The van der Waals surface area contributed by atoms with Crippen LogP contribution in [0.15, 0.2) is 42.5 Å². The van der Waals surface area contributed by atoms with Gasteiger partial charge in [0, 0.05) is 38.3 Å². The summed E-state index contributed by atoms with van der Waals surface area (Å²) in [5.74, 6) is -6.90. The Hall–Kier alpha value is -5.65. The second-order valence-corrected chi connectivity index (χ2v) is 15.7. The van der Waals surface area contributed by atoms with Gasteiger partial charge in [-0.15, -0.1) is 0 Å². The number of hydrogen-bond acceptors (Lipinski definition) is 9. The van der Waals surface area contributed by atoms with E-state index in [9.17, 15) is 47.4 Å². The molecular weight excluding hydrogens is 772 g/mol. The lowest BCUT2D eigenvalue weighted by molar-refractivity contribution is -0.163. The second kappa shape index (κ2) is 18.9. The van der Waals surface area contributed by atoms with Crippen LogP contribution in [0.25, 0.3) is 0 Å². The second-order valence-electron chi connectivity index (χ2n) is 15.7. The highest BCUT2D eigenvalue weighted by molar-refractivity contribution is 5.98. The van der Waals surface area contributed by atoms with Crippen LogP contribution >= 0.6 is 0 Å². The number of aryl methyl sites for hydroxylation is 1. The van der Waals surface area contributed by atoms with Gasteiger partial charge < -0.3 is 45.8 Å². The third kappa shape index (κ3) is 10.5. The maximum Gasteiger partial charge on any atom is 0.329 e. The third-order valence-corrected chi connectivity index (χ3v) is 11.0. The number of halogens is 2. The number of aliphatic hydroxyl groups is 1. The zero-order valence-corrected chi connectivity index (χ0v) is 34.0. The van der Waals surface area contributed by atoms with E-state index < -0.39 is 108 Å². The number of cyclic esters (lactones) is 1. The maximum atomic E-state index is 14.6. The molecule has 2 aromatic carbocycles. The van der Waals surface area contributed by atoms with Crippen LogP contribution in [0, 0.1) is 17.6 Å². The summed E-state index contributed by atoms with van der Waals surface area (Å²) in [5, 5.41) is 21.0. The molecule has 16 nitrogen and oxygen atoms in total. The first-order valence-corrected chi connectivity index (χ1v) is 19.9. The summed E-state index contributed by atoms with van der Waals surface area (Å²) in [6, 6.07) is 0.519. The Labute approximate surface area is 341 Å². The van der Waals surface area contributed by atoms with E-state index >= 15 is 0 Å². The van der Waals surface area contributed by atoms with Crippen LogP contribution in [0.4, 0.5) is 19.3 Å². The third-order valence-electron chi connectivity index (χ3n) is 11.0. The fraction of sp³-hybridized carbons (Fsp3) is 0.537. The van der Waals surface area contributed by atoms with Gasteiger partial charge in [-0.25, -0.2) is 18.4 Å². The SMILES string of the molecule is CCc1ccc(NC(=O)N[C@@H](Cc2cc(F)cc(F)c2)C(=O)N[C@@H]2C(=O)N3CCCC3C(=O)N(C)[C@@H]([C@H](C)O)C(=O)N[C@@H](C)C(=O)N3C[C@@H](C)CC3C(=O)O[C@H]2C)cc1. The number of amides is 7. The van der Waals surface area contributed by atoms with E-state index in [1.807, 2.05) is 13.8 Å². The topological polar surface area (TPSA) is 207 Å². The minimum atomic E-state index is -1.69. The number of fused-ring (bicyclic) bond motifs is 2. The lowest BCUT2D eigenvalue weighted by atomic mass is 10.0. The molecule has 0 aliphatic carbocycles. The van der Waals surface area contributed by atoms with E-state index in [2.05, 4.69) is 21.3 Å². The minimum absolute atomic E-state index is 0.00155. The number of carbonyl (C=O) groups is 7. The lowest BCUT2D eigenvalue weighted by Gasteiger charge is -2.37. The van der Waals surface area contributed by atoms with E-state index in [1.54, 1.807) is 24.3 Å². The van der Waals surface area contributed by atoms with Gasteiger partial charge >= 0.3 is 12.0 Å². The Morgan fingerprint density at radius 1 is 0.932 bits per heavy atom. The van der Waals surface area contributed by atoms with Crippen molar-refractivity contribution >= 4 is 47.2 Å². The zero-order valence-electron chi connectivity index (χ0n) is 34.0. The summed E-state index contributed by atoms with van der Waals surface area (Å²) < 4.78 is 34.5. The Bertz CT molecular complexity index is 1910. The predicted molar refractivity (Wildman–Crippen MR) is 209 cm³/mol. The zero-order chi connectivity index (χ0) is 43.3. The van der Waals surface area contributed by atoms with Crippen LogP contribution in [-0.2, 0) is 46.3 Å². The van der Waals surface area contributed by atoms with E-state index in [-0.39, 0.29) is 37.4 Å². The molecule has 320 valence electrons. The minimum Gasteiger partial charge on any atom is -0.458 e. The average molecular weight is 826 g/mol. The molecule has 3 saturated heterocycles. The van der Waals surface area contributed by atoms with Crippen LogP contribution in [0.1, 0.15) is 65.0 Å². The monoisotopic (exact) mass is 825 g/mol. The summed E-state index contributed by atoms with van der Waals surface area (Å²) in [5.41, 5.74) is 1.39. The van der Waals surface area contributed by atoms with Crippen LogP contribution < -0.4 is 21.3 Å². The van der Waals surface area contributed by atoms with Gasteiger partial charge in [-0.05, 0) is 87.8 Å². The fourth-order valence-corrected chi connectivity index (χ4v) is 7.97. The highest BCUT2D eigenvalue weighted by atomic mass is 19.1. The molecule has 0 aromatic heterocycles. The number of likely N-dealkylation sites (N-methyl/N-ethyl adjacent to an activating group) is 1. The first kappa shape index (κ1) is 44.5. The molecule has 0 bridgehead atoms. The number of rotatable bonds is 8. The molecule has 2 unspecified atom stereocenters. The number of ether oxygens (including phenoxy) is 1. The van der Waals surface area contributed by atoms with Crippen molar-refractivity contribution in [2.24, 2.45) is 5.92 Å².